The van der Waals surface area contributed by atoms with Crippen molar-refractivity contribution in [2.75, 3.05) is 24.7 Å². The summed E-state index contributed by atoms with van der Waals surface area (Å²) in [6.07, 6.45) is 3.09. The Morgan fingerprint density at radius 3 is 1.52 bits per heavy atom. The van der Waals surface area contributed by atoms with Gasteiger partial charge in [0.25, 0.3) is 0 Å². The normalized spacial score (nSPS) is 10.5. The fourth-order valence-electron chi connectivity index (χ4n) is 2.24. The first kappa shape index (κ1) is 17.0. The molecule has 0 aromatic heterocycles. The van der Waals surface area contributed by atoms with Gasteiger partial charge in [-0.2, -0.15) is 0 Å². The number of hydrogen-bond acceptors (Lipinski definition) is 4. The van der Waals surface area contributed by atoms with Crippen LogP contribution < -0.4 is 20.9 Å². The van der Waals surface area contributed by atoms with Gasteiger partial charge in [0.1, 0.15) is 11.5 Å². The fourth-order valence-corrected chi connectivity index (χ4v) is 2.24. The first-order valence-corrected chi connectivity index (χ1v) is 8.04. The summed E-state index contributed by atoms with van der Waals surface area (Å²) in [5.41, 5.74) is 15.3. The Labute approximate surface area is 138 Å². The molecule has 2 rings (SSSR count). The Kier molecular flexibility index (Phi) is 6.15. The van der Waals surface area contributed by atoms with Crippen molar-refractivity contribution >= 4 is 11.4 Å². The zero-order valence-corrected chi connectivity index (χ0v) is 14.0. The Morgan fingerprint density at radius 2 is 1.13 bits per heavy atom. The van der Waals surface area contributed by atoms with E-state index in [1.54, 1.807) is 0 Å². The van der Waals surface area contributed by atoms with Crippen molar-refractivity contribution in [1.82, 2.24) is 0 Å². The van der Waals surface area contributed by atoms with Crippen LogP contribution in [0.1, 0.15) is 30.4 Å². The SMILES string of the molecule is Cc1cc(OCCCCCOc2ccc(N)c(C)c2)ccc1N. The van der Waals surface area contributed by atoms with E-state index < -0.39 is 0 Å². The average molecular weight is 314 g/mol. The quantitative estimate of drug-likeness (QED) is 0.568. The molecule has 0 aliphatic rings. The number of nitrogens with two attached hydrogens (primary N) is 2. The maximum absolute atomic E-state index is 5.79. The second kappa shape index (κ2) is 8.32. The standard InChI is InChI=1S/C19H26N2O2/c1-14-12-16(6-8-18(14)20)22-10-4-3-5-11-23-17-7-9-19(21)15(2)13-17/h6-9,12-13H,3-5,10-11,20-21H2,1-2H3. The minimum atomic E-state index is 0.713. The van der Waals surface area contributed by atoms with Crippen molar-refractivity contribution in [3.8, 4) is 11.5 Å². The van der Waals surface area contributed by atoms with Gasteiger partial charge in [-0.25, -0.2) is 0 Å². The number of aryl methyl sites for hydroxylation is 2. The average Bonchev–Trinajstić information content (AvgIpc) is 2.53. The van der Waals surface area contributed by atoms with Gasteiger partial charge in [-0.1, -0.05) is 0 Å². The summed E-state index contributed by atoms with van der Waals surface area (Å²) < 4.78 is 11.5. The van der Waals surface area contributed by atoms with Gasteiger partial charge >= 0.3 is 0 Å². The number of hydrogen-bond donors (Lipinski definition) is 2. The molecular formula is C19H26N2O2. The lowest BCUT2D eigenvalue weighted by molar-refractivity contribution is 0.279. The zero-order valence-electron chi connectivity index (χ0n) is 14.0. The van der Waals surface area contributed by atoms with E-state index in [0.29, 0.717) is 13.2 Å². The van der Waals surface area contributed by atoms with Gasteiger partial charge in [-0.3, -0.25) is 0 Å². The van der Waals surface area contributed by atoms with Gasteiger partial charge in [-0.15, -0.1) is 0 Å². The molecule has 23 heavy (non-hydrogen) atoms. The molecule has 2 aromatic rings. The van der Waals surface area contributed by atoms with Crippen LogP contribution in [0, 0.1) is 13.8 Å². The molecule has 0 aliphatic carbocycles. The van der Waals surface area contributed by atoms with Gasteiger partial charge < -0.3 is 20.9 Å². The highest BCUT2D eigenvalue weighted by Gasteiger charge is 1.99. The van der Waals surface area contributed by atoms with E-state index in [2.05, 4.69) is 0 Å². The lowest BCUT2D eigenvalue weighted by Crippen LogP contribution is -2.02. The molecule has 0 radical (unpaired) electrons. The van der Waals surface area contributed by atoms with Crippen LogP contribution in [0.15, 0.2) is 36.4 Å². The number of rotatable bonds is 8. The van der Waals surface area contributed by atoms with Crippen molar-refractivity contribution in [3.63, 3.8) is 0 Å². The summed E-state index contributed by atoms with van der Waals surface area (Å²) in [6.45, 7) is 5.39. The molecule has 0 amide bonds. The predicted molar refractivity (Wildman–Crippen MR) is 96.0 cm³/mol. The molecule has 0 aliphatic heterocycles. The molecule has 0 unspecified atom stereocenters. The molecule has 0 saturated carbocycles. The van der Waals surface area contributed by atoms with E-state index in [0.717, 1.165) is 53.3 Å². The fraction of sp³-hybridized carbons (Fsp3) is 0.368. The third-order valence-corrected chi connectivity index (χ3v) is 3.81. The maximum atomic E-state index is 5.79. The molecule has 0 bridgehead atoms. The van der Waals surface area contributed by atoms with E-state index in [1.807, 2.05) is 50.2 Å². The number of benzene rings is 2. The number of ether oxygens (including phenoxy) is 2. The molecule has 0 atom stereocenters. The topological polar surface area (TPSA) is 70.5 Å². The molecular weight excluding hydrogens is 288 g/mol. The van der Waals surface area contributed by atoms with Crippen molar-refractivity contribution in [1.29, 1.82) is 0 Å². The summed E-state index contributed by atoms with van der Waals surface area (Å²) in [6, 6.07) is 11.5. The second-order valence-electron chi connectivity index (χ2n) is 5.79. The van der Waals surface area contributed by atoms with E-state index in [9.17, 15) is 0 Å². The number of nitrogen functional groups attached to an aromatic ring is 2. The summed E-state index contributed by atoms with van der Waals surface area (Å²) in [5.74, 6) is 1.76. The molecule has 4 N–H and O–H groups in total. The van der Waals surface area contributed by atoms with Crippen LogP contribution in [-0.2, 0) is 0 Å². The first-order valence-electron chi connectivity index (χ1n) is 8.04. The molecule has 0 fully saturated rings. The van der Waals surface area contributed by atoms with Gasteiger partial charge in [0.15, 0.2) is 0 Å². The molecule has 124 valence electrons. The van der Waals surface area contributed by atoms with Crippen molar-refractivity contribution in [2.45, 2.75) is 33.1 Å². The Morgan fingerprint density at radius 1 is 0.696 bits per heavy atom. The first-order chi connectivity index (χ1) is 11.1. The van der Waals surface area contributed by atoms with Gasteiger partial charge in [0.05, 0.1) is 13.2 Å². The lowest BCUT2D eigenvalue weighted by atomic mass is 10.2. The van der Waals surface area contributed by atoms with Crippen LogP contribution in [-0.4, -0.2) is 13.2 Å². The van der Waals surface area contributed by atoms with Crippen LogP contribution in [0.3, 0.4) is 0 Å². The van der Waals surface area contributed by atoms with Crippen LogP contribution in [0.4, 0.5) is 11.4 Å². The van der Waals surface area contributed by atoms with Gasteiger partial charge in [0.2, 0.25) is 0 Å². The van der Waals surface area contributed by atoms with E-state index >= 15 is 0 Å². The Bertz CT molecular complexity index is 586. The summed E-state index contributed by atoms with van der Waals surface area (Å²) in [5, 5.41) is 0. The van der Waals surface area contributed by atoms with Crippen molar-refractivity contribution in [3.05, 3.63) is 47.5 Å². The lowest BCUT2D eigenvalue weighted by Gasteiger charge is -2.09. The monoisotopic (exact) mass is 314 g/mol. The summed E-state index contributed by atoms with van der Waals surface area (Å²) >= 11 is 0. The second-order valence-corrected chi connectivity index (χ2v) is 5.79. The van der Waals surface area contributed by atoms with Crippen molar-refractivity contribution in [2.24, 2.45) is 0 Å². The molecule has 0 saturated heterocycles. The van der Waals surface area contributed by atoms with E-state index in [1.165, 1.54) is 0 Å². The Hall–Kier alpha value is -2.36. The number of anilines is 2. The smallest absolute Gasteiger partial charge is 0.119 e. The minimum Gasteiger partial charge on any atom is -0.494 e. The predicted octanol–water partition coefficient (Wildman–Crippen LogP) is 4.10. The highest BCUT2D eigenvalue weighted by Crippen LogP contribution is 2.20. The van der Waals surface area contributed by atoms with Crippen LogP contribution in [0.25, 0.3) is 0 Å². The molecule has 0 heterocycles. The van der Waals surface area contributed by atoms with Crippen LogP contribution >= 0.6 is 0 Å². The molecule has 0 spiro atoms. The van der Waals surface area contributed by atoms with E-state index in [-0.39, 0.29) is 0 Å². The van der Waals surface area contributed by atoms with Gasteiger partial charge in [-0.05, 0) is 80.6 Å². The maximum Gasteiger partial charge on any atom is 0.119 e. The molecule has 2 aromatic carbocycles. The number of unbranched alkanes of at least 4 members (excludes halogenated alkanes) is 2. The van der Waals surface area contributed by atoms with Crippen LogP contribution in [0.5, 0.6) is 11.5 Å². The summed E-state index contributed by atoms with van der Waals surface area (Å²) in [4.78, 5) is 0. The minimum absolute atomic E-state index is 0.713. The zero-order chi connectivity index (χ0) is 16.7. The summed E-state index contributed by atoms with van der Waals surface area (Å²) in [7, 11) is 0. The van der Waals surface area contributed by atoms with E-state index in [4.69, 9.17) is 20.9 Å². The highest BCUT2D eigenvalue weighted by molar-refractivity contribution is 5.50. The van der Waals surface area contributed by atoms with Crippen LogP contribution in [0.2, 0.25) is 0 Å². The highest BCUT2D eigenvalue weighted by atomic mass is 16.5. The molecule has 4 heteroatoms. The largest absolute Gasteiger partial charge is 0.494 e. The van der Waals surface area contributed by atoms with Gasteiger partial charge in [0, 0.05) is 11.4 Å². The van der Waals surface area contributed by atoms with Crippen molar-refractivity contribution < 1.29 is 9.47 Å². The third kappa shape index (κ3) is 5.40. The Balaban J connectivity index is 1.58. The third-order valence-electron chi connectivity index (χ3n) is 3.81. The molecule has 4 nitrogen and oxygen atoms in total.